The fraction of sp³-hybridized carbons (Fsp3) is 0.263. The number of thiazole rings is 1. The van der Waals surface area contributed by atoms with Gasteiger partial charge in [0, 0.05) is 17.7 Å². The molecule has 2 aromatic carbocycles. The van der Waals surface area contributed by atoms with Crippen LogP contribution >= 0.6 is 23.1 Å². The fourth-order valence-electron chi connectivity index (χ4n) is 2.94. The van der Waals surface area contributed by atoms with Crippen LogP contribution in [0.1, 0.15) is 23.0 Å². The van der Waals surface area contributed by atoms with Crippen LogP contribution in [-0.2, 0) is 10.5 Å². The van der Waals surface area contributed by atoms with E-state index in [4.69, 9.17) is 4.74 Å². The molecule has 3 aromatic rings. The minimum absolute atomic E-state index is 0.0421. The van der Waals surface area contributed by atoms with E-state index in [0.717, 1.165) is 34.0 Å². The van der Waals surface area contributed by atoms with Crippen LogP contribution in [0.3, 0.4) is 0 Å². The highest BCUT2D eigenvalue weighted by atomic mass is 32.2. The third kappa shape index (κ3) is 3.80. The molecule has 0 fully saturated rings. The van der Waals surface area contributed by atoms with Gasteiger partial charge >= 0.3 is 0 Å². The molecule has 0 aliphatic carbocycles. The Morgan fingerprint density at radius 2 is 2.08 bits per heavy atom. The van der Waals surface area contributed by atoms with E-state index >= 15 is 0 Å². The minimum Gasteiger partial charge on any atom is -0.493 e. The number of nitrogens with zero attached hydrogens (tertiary/aromatic N) is 1. The van der Waals surface area contributed by atoms with Crippen molar-refractivity contribution in [2.24, 2.45) is 0 Å². The van der Waals surface area contributed by atoms with E-state index in [1.807, 2.05) is 42.5 Å². The van der Waals surface area contributed by atoms with Gasteiger partial charge in [-0.25, -0.2) is 4.98 Å². The van der Waals surface area contributed by atoms with Crippen molar-refractivity contribution in [1.29, 1.82) is 0 Å². The summed E-state index contributed by atoms with van der Waals surface area (Å²) in [5.41, 5.74) is 2.10. The van der Waals surface area contributed by atoms with Gasteiger partial charge in [-0.15, -0.1) is 23.1 Å². The van der Waals surface area contributed by atoms with Gasteiger partial charge in [0.15, 0.2) is 0 Å². The van der Waals surface area contributed by atoms with Gasteiger partial charge in [-0.1, -0.05) is 30.3 Å². The minimum atomic E-state index is 0.0421. The zero-order chi connectivity index (χ0) is 17.1. The normalized spacial score (nSPS) is 16.2. The summed E-state index contributed by atoms with van der Waals surface area (Å²) in [5.74, 6) is 2.14. The number of hydrogen-bond donors (Lipinski definition) is 1. The van der Waals surface area contributed by atoms with Crippen molar-refractivity contribution < 1.29 is 9.53 Å². The zero-order valence-electron chi connectivity index (χ0n) is 13.6. The van der Waals surface area contributed by atoms with Crippen LogP contribution in [0.25, 0.3) is 10.2 Å². The summed E-state index contributed by atoms with van der Waals surface area (Å²) in [4.78, 5) is 16.9. The van der Waals surface area contributed by atoms with Crippen LogP contribution in [0.15, 0.2) is 48.5 Å². The lowest BCUT2D eigenvalue weighted by Gasteiger charge is -2.26. The van der Waals surface area contributed by atoms with Crippen LogP contribution < -0.4 is 10.1 Å². The van der Waals surface area contributed by atoms with E-state index in [1.165, 1.54) is 4.70 Å². The van der Waals surface area contributed by atoms with E-state index in [0.29, 0.717) is 12.4 Å². The summed E-state index contributed by atoms with van der Waals surface area (Å²) < 4.78 is 6.84. The molecule has 1 aliphatic rings. The molecule has 1 aromatic heterocycles. The second-order valence-electron chi connectivity index (χ2n) is 5.86. The maximum absolute atomic E-state index is 12.3. The average Bonchev–Trinajstić information content (AvgIpc) is 3.05. The van der Waals surface area contributed by atoms with Gasteiger partial charge in [0.05, 0.1) is 28.6 Å². The lowest BCUT2D eigenvalue weighted by Crippen LogP contribution is -2.33. The Morgan fingerprint density at radius 3 is 3.00 bits per heavy atom. The lowest BCUT2D eigenvalue weighted by atomic mass is 10.0. The number of carbonyl (C=O) groups is 1. The largest absolute Gasteiger partial charge is 0.493 e. The maximum atomic E-state index is 12.3. The SMILES string of the molecule is O=C(CSCc1nc2ccccc2s1)N[C@H]1CCOc2ccccc21. The molecule has 0 unspecified atom stereocenters. The first-order valence-electron chi connectivity index (χ1n) is 8.23. The van der Waals surface area contributed by atoms with Crippen LogP contribution in [0.5, 0.6) is 5.75 Å². The second-order valence-corrected chi connectivity index (χ2v) is 7.96. The number of ether oxygens (including phenoxy) is 1. The van der Waals surface area contributed by atoms with Crippen molar-refractivity contribution in [2.75, 3.05) is 12.4 Å². The van der Waals surface area contributed by atoms with Gasteiger partial charge in [0.1, 0.15) is 10.8 Å². The molecule has 4 rings (SSSR count). The molecular weight excluding hydrogens is 352 g/mol. The summed E-state index contributed by atoms with van der Waals surface area (Å²) in [5, 5.41) is 4.20. The fourth-order valence-corrected chi connectivity index (χ4v) is 4.80. The first-order chi connectivity index (χ1) is 12.3. The number of aromatic nitrogens is 1. The van der Waals surface area contributed by atoms with Gasteiger partial charge in [0.25, 0.3) is 0 Å². The topological polar surface area (TPSA) is 51.2 Å². The number of carbonyl (C=O) groups excluding carboxylic acids is 1. The van der Waals surface area contributed by atoms with Crippen molar-refractivity contribution in [1.82, 2.24) is 10.3 Å². The highest BCUT2D eigenvalue weighted by Crippen LogP contribution is 2.31. The summed E-state index contributed by atoms with van der Waals surface area (Å²) in [7, 11) is 0. The first-order valence-corrected chi connectivity index (χ1v) is 10.2. The van der Waals surface area contributed by atoms with Crippen LogP contribution in [0.4, 0.5) is 0 Å². The molecule has 1 N–H and O–H groups in total. The number of benzene rings is 2. The summed E-state index contributed by atoms with van der Waals surface area (Å²) >= 11 is 3.30. The van der Waals surface area contributed by atoms with E-state index in [9.17, 15) is 4.79 Å². The predicted molar refractivity (Wildman–Crippen MR) is 103 cm³/mol. The van der Waals surface area contributed by atoms with Gasteiger partial charge in [-0.2, -0.15) is 0 Å². The number of thioether (sulfide) groups is 1. The van der Waals surface area contributed by atoms with E-state index in [1.54, 1.807) is 23.1 Å². The maximum Gasteiger partial charge on any atom is 0.230 e. The number of para-hydroxylation sites is 2. The highest BCUT2D eigenvalue weighted by molar-refractivity contribution is 7.99. The Hall–Kier alpha value is -2.05. The average molecular weight is 370 g/mol. The van der Waals surface area contributed by atoms with Crippen LogP contribution in [-0.4, -0.2) is 23.3 Å². The molecule has 1 amide bonds. The van der Waals surface area contributed by atoms with Crippen molar-refractivity contribution in [3.8, 4) is 5.75 Å². The molecule has 0 bridgehead atoms. The molecule has 0 saturated heterocycles. The van der Waals surface area contributed by atoms with Gasteiger partial charge in [0.2, 0.25) is 5.91 Å². The smallest absolute Gasteiger partial charge is 0.230 e. The molecular formula is C19H18N2O2S2. The Morgan fingerprint density at radius 1 is 1.24 bits per heavy atom. The Labute approximate surface area is 154 Å². The quantitative estimate of drug-likeness (QED) is 0.732. The van der Waals surface area contributed by atoms with Crippen molar-refractivity contribution in [3.05, 3.63) is 59.1 Å². The second kappa shape index (κ2) is 7.45. The Balaban J connectivity index is 1.31. The Kier molecular flexibility index (Phi) is 4.90. The molecule has 128 valence electrons. The van der Waals surface area contributed by atoms with Crippen LogP contribution in [0, 0.1) is 0 Å². The van der Waals surface area contributed by atoms with Crippen molar-refractivity contribution in [2.45, 2.75) is 18.2 Å². The van der Waals surface area contributed by atoms with Gasteiger partial charge in [-0.3, -0.25) is 4.79 Å². The van der Waals surface area contributed by atoms with Gasteiger partial charge < -0.3 is 10.1 Å². The number of fused-ring (bicyclic) bond motifs is 2. The first kappa shape index (κ1) is 16.4. The standard InChI is InChI=1S/C19H18N2O2S2/c22-18(20-14-9-10-23-16-7-3-1-5-13(14)16)11-24-12-19-21-15-6-2-4-8-17(15)25-19/h1-8,14H,9-12H2,(H,20,22)/t14-/m0/s1. The molecule has 0 radical (unpaired) electrons. The monoisotopic (exact) mass is 370 g/mol. The van der Waals surface area contributed by atoms with E-state index < -0.39 is 0 Å². The molecule has 1 atom stereocenters. The van der Waals surface area contributed by atoms with Crippen LogP contribution in [0.2, 0.25) is 0 Å². The molecule has 0 saturated carbocycles. The number of hydrogen-bond acceptors (Lipinski definition) is 5. The van der Waals surface area contributed by atoms with Crippen molar-refractivity contribution in [3.63, 3.8) is 0 Å². The highest BCUT2D eigenvalue weighted by Gasteiger charge is 2.22. The lowest BCUT2D eigenvalue weighted by molar-refractivity contribution is -0.119. The molecule has 4 nitrogen and oxygen atoms in total. The number of nitrogens with one attached hydrogen (secondary N) is 1. The molecule has 25 heavy (non-hydrogen) atoms. The predicted octanol–water partition coefficient (Wildman–Crippen LogP) is 4.17. The van der Waals surface area contributed by atoms with E-state index in [-0.39, 0.29) is 11.9 Å². The number of rotatable bonds is 5. The van der Waals surface area contributed by atoms with E-state index in [2.05, 4.69) is 16.4 Å². The third-order valence-electron chi connectivity index (χ3n) is 4.09. The van der Waals surface area contributed by atoms with Crippen molar-refractivity contribution >= 4 is 39.2 Å². The summed E-state index contributed by atoms with van der Waals surface area (Å²) in [6.45, 7) is 0.640. The van der Waals surface area contributed by atoms with Gasteiger partial charge in [-0.05, 0) is 18.2 Å². The molecule has 0 spiro atoms. The summed E-state index contributed by atoms with van der Waals surface area (Å²) in [6, 6.07) is 16.1. The summed E-state index contributed by atoms with van der Waals surface area (Å²) in [6.07, 6.45) is 0.811. The Bertz CT molecular complexity index is 861. The molecule has 6 heteroatoms. The third-order valence-corrected chi connectivity index (χ3v) is 6.25. The zero-order valence-corrected chi connectivity index (χ0v) is 15.2. The molecule has 1 aliphatic heterocycles. The number of amides is 1. The molecule has 2 heterocycles.